The topological polar surface area (TPSA) is 30.2 Å². The Bertz CT molecular complexity index is 377. The average molecular weight is 210 g/mol. The van der Waals surface area contributed by atoms with Gasteiger partial charge in [0.05, 0.1) is 24.5 Å². The lowest BCUT2D eigenvalue weighted by Crippen LogP contribution is -3.07. The van der Waals surface area contributed by atoms with Gasteiger partial charge in [-0.2, -0.15) is 0 Å². The molecule has 3 radical (unpaired) electrons. The van der Waals surface area contributed by atoms with Gasteiger partial charge in [0.1, 0.15) is 0 Å². The van der Waals surface area contributed by atoms with Crippen LogP contribution in [0, 0.1) is 0 Å². The smallest absolute Gasteiger partial charge is 0.0901 e. The van der Waals surface area contributed by atoms with Crippen molar-refractivity contribution in [1.82, 2.24) is 9.97 Å². The zero-order valence-corrected chi connectivity index (χ0v) is 9.00. The van der Waals surface area contributed by atoms with Crippen molar-refractivity contribution in [3.8, 4) is 0 Å². The molecule has 2 heterocycles. The summed E-state index contributed by atoms with van der Waals surface area (Å²) in [5.74, 6) is 0. The molecule has 0 saturated heterocycles. The number of hydrogen-bond acceptors (Lipinski definition) is 2. The Balaban J connectivity index is 1.92. The van der Waals surface area contributed by atoms with Crippen LogP contribution < -0.4 is 4.81 Å². The lowest BCUT2D eigenvalue weighted by molar-refractivity contribution is -0.809. The molecule has 0 atom stereocenters. The molecule has 2 aromatic heterocycles. The molecule has 16 heavy (non-hydrogen) atoms. The van der Waals surface area contributed by atoms with Gasteiger partial charge in [-0.1, -0.05) is 12.1 Å². The molecule has 0 aliphatic rings. The van der Waals surface area contributed by atoms with E-state index in [1.165, 1.54) is 0 Å². The van der Waals surface area contributed by atoms with Gasteiger partial charge >= 0.3 is 0 Å². The second-order valence-corrected chi connectivity index (χ2v) is 3.65. The van der Waals surface area contributed by atoms with Crippen LogP contribution in [0.2, 0.25) is 0 Å². The van der Waals surface area contributed by atoms with E-state index in [0.717, 1.165) is 16.2 Å². The van der Waals surface area contributed by atoms with E-state index in [4.69, 9.17) is 7.98 Å². The maximum absolute atomic E-state index is 5.97. The van der Waals surface area contributed by atoms with Crippen molar-refractivity contribution >= 4 is 7.98 Å². The molecule has 0 aromatic carbocycles. The fourth-order valence-corrected chi connectivity index (χ4v) is 1.53. The highest BCUT2D eigenvalue weighted by Crippen LogP contribution is 1.92. The molecule has 0 aliphatic heterocycles. The van der Waals surface area contributed by atoms with Gasteiger partial charge in [0.2, 0.25) is 0 Å². The third kappa shape index (κ3) is 3.17. The molecular weight excluding hydrogens is 197 g/mol. The van der Waals surface area contributed by atoms with Crippen molar-refractivity contribution in [3.63, 3.8) is 0 Å². The standard InChI is InChI=1S/C12H13BN3/c13-16(9-11-5-1-3-7-14-11)10-12-6-2-4-8-15-12/h1-8,16H,9-10H2. The Morgan fingerprint density at radius 1 is 0.875 bits per heavy atom. The van der Waals surface area contributed by atoms with Crippen molar-refractivity contribution in [2.24, 2.45) is 0 Å². The fourth-order valence-electron chi connectivity index (χ4n) is 1.53. The van der Waals surface area contributed by atoms with Crippen LogP contribution in [-0.2, 0) is 13.1 Å². The van der Waals surface area contributed by atoms with Crippen molar-refractivity contribution in [2.45, 2.75) is 13.1 Å². The highest BCUT2D eigenvalue weighted by molar-refractivity contribution is 5.94. The molecule has 0 fully saturated rings. The number of nitrogens with zero attached hydrogens (tertiary/aromatic N) is 2. The molecule has 0 aliphatic carbocycles. The predicted molar refractivity (Wildman–Crippen MR) is 62.6 cm³/mol. The molecule has 3 nitrogen and oxygen atoms in total. The fraction of sp³-hybridized carbons (Fsp3) is 0.167. The lowest BCUT2D eigenvalue weighted by atomic mass is 10.2. The minimum atomic E-state index is 0.706. The molecule has 2 rings (SSSR count). The quantitative estimate of drug-likeness (QED) is 0.728. The number of quaternary nitrogens is 1. The molecule has 4 heteroatoms. The molecule has 2 aromatic rings. The Hall–Kier alpha value is -1.68. The zero-order valence-electron chi connectivity index (χ0n) is 9.00. The predicted octanol–water partition coefficient (Wildman–Crippen LogP) is 0.145. The van der Waals surface area contributed by atoms with Crippen molar-refractivity contribution in [1.29, 1.82) is 0 Å². The maximum Gasteiger partial charge on any atom is 0.0901 e. The summed E-state index contributed by atoms with van der Waals surface area (Å²) in [4.78, 5) is 9.36. The molecule has 79 valence electrons. The summed E-state index contributed by atoms with van der Waals surface area (Å²) in [6.45, 7) is 1.41. The van der Waals surface area contributed by atoms with Gasteiger partial charge < -0.3 is 4.81 Å². The number of aromatic nitrogens is 2. The summed E-state index contributed by atoms with van der Waals surface area (Å²) in [5, 5.41) is 0. The van der Waals surface area contributed by atoms with Crippen LogP contribution in [0.5, 0.6) is 0 Å². The van der Waals surface area contributed by atoms with Gasteiger partial charge in [-0.15, -0.1) is 0 Å². The van der Waals surface area contributed by atoms with Gasteiger partial charge in [0.25, 0.3) is 0 Å². The van der Waals surface area contributed by atoms with E-state index >= 15 is 0 Å². The van der Waals surface area contributed by atoms with E-state index in [0.29, 0.717) is 13.1 Å². The molecule has 0 amide bonds. The first-order valence-corrected chi connectivity index (χ1v) is 5.24. The van der Waals surface area contributed by atoms with Crippen LogP contribution in [0.4, 0.5) is 0 Å². The Morgan fingerprint density at radius 2 is 1.38 bits per heavy atom. The summed E-state index contributed by atoms with van der Waals surface area (Å²) in [6.07, 6.45) is 3.56. The first-order chi connectivity index (χ1) is 7.84. The van der Waals surface area contributed by atoms with Gasteiger partial charge in [-0.25, -0.2) is 7.98 Å². The third-order valence-electron chi connectivity index (χ3n) is 2.27. The molecule has 1 N–H and O–H groups in total. The number of nitrogens with one attached hydrogen (secondary N) is 1. The monoisotopic (exact) mass is 210 g/mol. The van der Waals surface area contributed by atoms with Gasteiger partial charge in [-0.05, 0) is 24.3 Å². The Morgan fingerprint density at radius 3 is 1.75 bits per heavy atom. The van der Waals surface area contributed by atoms with Gasteiger partial charge in [-0.3, -0.25) is 9.97 Å². The van der Waals surface area contributed by atoms with E-state index in [1.54, 1.807) is 12.4 Å². The van der Waals surface area contributed by atoms with Gasteiger partial charge in [0, 0.05) is 12.4 Å². The summed E-state index contributed by atoms with van der Waals surface area (Å²) >= 11 is 0. The number of rotatable bonds is 4. The number of hydrogen-bond donors (Lipinski definition) is 1. The molecule has 0 spiro atoms. The molecule has 0 bridgehead atoms. The SMILES string of the molecule is [B-][NH+](Cc1ccccn1)Cc1ccccn1. The van der Waals surface area contributed by atoms with E-state index < -0.39 is 0 Å². The Labute approximate surface area is 96.6 Å². The van der Waals surface area contributed by atoms with Crippen molar-refractivity contribution in [2.75, 3.05) is 0 Å². The average Bonchev–Trinajstić information content (AvgIpc) is 2.31. The zero-order chi connectivity index (χ0) is 11.2. The summed E-state index contributed by atoms with van der Waals surface area (Å²) in [6, 6.07) is 11.7. The number of pyridine rings is 2. The van der Waals surface area contributed by atoms with E-state index in [2.05, 4.69) is 9.97 Å². The van der Waals surface area contributed by atoms with Crippen LogP contribution >= 0.6 is 0 Å². The molecule has 0 saturated carbocycles. The van der Waals surface area contributed by atoms with Crippen LogP contribution in [0.3, 0.4) is 0 Å². The van der Waals surface area contributed by atoms with Crippen molar-refractivity contribution < 1.29 is 4.81 Å². The summed E-state index contributed by atoms with van der Waals surface area (Å²) in [7, 11) is 5.97. The first-order valence-electron chi connectivity index (χ1n) is 5.24. The normalized spacial score (nSPS) is 10.6. The second-order valence-electron chi connectivity index (χ2n) is 3.65. The molecule has 0 unspecified atom stereocenters. The highest BCUT2D eigenvalue weighted by Gasteiger charge is 1.98. The second kappa shape index (κ2) is 5.42. The van der Waals surface area contributed by atoms with Crippen LogP contribution in [0.1, 0.15) is 11.4 Å². The van der Waals surface area contributed by atoms with Crippen LogP contribution in [-0.4, -0.2) is 17.9 Å². The lowest BCUT2D eigenvalue weighted by Gasteiger charge is -2.26. The van der Waals surface area contributed by atoms with E-state index in [-0.39, 0.29) is 0 Å². The van der Waals surface area contributed by atoms with Crippen LogP contribution in [0.15, 0.2) is 48.8 Å². The summed E-state index contributed by atoms with van der Waals surface area (Å²) in [5.41, 5.74) is 1.99. The van der Waals surface area contributed by atoms with E-state index in [9.17, 15) is 0 Å². The van der Waals surface area contributed by atoms with Gasteiger partial charge in [0.15, 0.2) is 0 Å². The van der Waals surface area contributed by atoms with Crippen LogP contribution in [0.25, 0.3) is 0 Å². The largest absolute Gasteiger partial charge is 0.588 e. The van der Waals surface area contributed by atoms with Crippen molar-refractivity contribution in [3.05, 3.63) is 60.2 Å². The minimum absolute atomic E-state index is 0.706. The highest BCUT2D eigenvalue weighted by atomic mass is 15.0. The molecular formula is C12H13BN3. The minimum Gasteiger partial charge on any atom is -0.588 e. The maximum atomic E-state index is 5.97. The van der Waals surface area contributed by atoms with E-state index in [1.807, 2.05) is 36.4 Å². The first kappa shape index (κ1) is 10.8. The third-order valence-corrected chi connectivity index (χ3v) is 2.27. The Kier molecular flexibility index (Phi) is 3.67. The summed E-state index contributed by atoms with van der Waals surface area (Å²) < 4.78 is 0.